The Labute approximate surface area is 133 Å². The molecule has 5 heteroatoms. The second-order valence-corrected chi connectivity index (χ2v) is 5.50. The lowest BCUT2D eigenvalue weighted by Gasteiger charge is -2.15. The minimum atomic E-state index is -0.504. The molecule has 116 valence electrons. The summed E-state index contributed by atoms with van der Waals surface area (Å²) in [7, 11) is 3.51. The van der Waals surface area contributed by atoms with Gasteiger partial charge < -0.3 is 19.4 Å². The van der Waals surface area contributed by atoms with Crippen molar-refractivity contribution in [3.63, 3.8) is 0 Å². The fourth-order valence-electron chi connectivity index (χ4n) is 3.12. The van der Waals surface area contributed by atoms with E-state index in [2.05, 4.69) is 5.32 Å². The molecule has 1 aliphatic rings. The molecule has 5 nitrogen and oxygen atoms in total. The van der Waals surface area contributed by atoms with Crippen LogP contribution in [0.5, 0.6) is 5.75 Å². The van der Waals surface area contributed by atoms with Gasteiger partial charge in [-0.05, 0) is 18.2 Å². The predicted molar refractivity (Wildman–Crippen MR) is 87.7 cm³/mol. The first kappa shape index (κ1) is 13.7. The maximum atomic E-state index is 12.3. The van der Waals surface area contributed by atoms with Gasteiger partial charge in [0.05, 0.1) is 12.7 Å². The SMILES string of the molecule is COc1cccc(NC2OC(=O)c3c2c2ccccc2n3C)c1. The van der Waals surface area contributed by atoms with E-state index in [0.717, 1.165) is 27.9 Å². The van der Waals surface area contributed by atoms with Crippen molar-refractivity contribution in [2.75, 3.05) is 12.4 Å². The number of methoxy groups -OCH3 is 1. The molecular formula is C18H16N2O3. The smallest absolute Gasteiger partial charge is 0.357 e. The van der Waals surface area contributed by atoms with Crippen molar-refractivity contribution in [1.29, 1.82) is 0 Å². The van der Waals surface area contributed by atoms with E-state index in [1.54, 1.807) is 7.11 Å². The molecular weight excluding hydrogens is 292 g/mol. The molecule has 0 spiro atoms. The number of rotatable bonds is 3. The van der Waals surface area contributed by atoms with Gasteiger partial charge in [0.1, 0.15) is 11.4 Å². The van der Waals surface area contributed by atoms with Crippen LogP contribution in [0.4, 0.5) is 5.69 Å². The van der Waals surface area contributed by atoms with E-state index in [4.69, 9.17) is 9.47 Å². The Kier molecular flexibility index (Phi) is 3.01. The van der Waals surface area contributed by atoms with Crippen LogP contribution in [0, 0.1) is 0 Å². The second kappa shape index (κ2) is 5.05. The van der Waals surface area contributed by atoms with Crippen molar-refractivity contribution in [1.82, 2.24) is 4.57 Å². The average molecular weight is 308 g/mol. The van der Waals surface area contributed by atoms with Gasteiger partial charge in [0.15, 0.2) is 0 Å². The molecule has 2 aromatic carbocycles. The Morgan fingerprint density at radius 3 is 2.83 bits per heavy atom. The zero-order valence-corrected chi connectivity index (χ0v) is 12.9. The quantitative estimate of drug-likeness (QED) is 0.753. The van der Waals surface area contributed by atoms with Crippen molar-refractivity contribution in [2.24, 2.45) is 7.05 Å². The van der Waals surface area contributed by atoms with Crippen molar-refractivity contribution in [3.8, 4) is 5.75 Å². The summed E-state index contributed by atoms with van der Waals surface area (Å²) >= 11 is 0. The molecule has 0 radical (unpaired) electrons. The summed E-state index contributed by atoms with van der Waals surface area (Å²) in [5, 5.41) is 4.30. The highest BCUT2D eigenvalue weighted by molar-refractivity contribution is 6.02. The van der Waals surface area contributed by atoms with Gasteiger partial charge >= 0.3 is 5.97 Å². The van der Waals surface area contributed by atoms with Gasteiger partial charge in [-0.1, -0.05) is 24.3 Å². The number of aryl methyl sites for hydroxylation is 1. The lowest BCUT2D eigenvalue weighted by molar-refractivity contribution is 0.0431. The molecule has 1 aromatic heterocycles. The number of carbonyl (C=O) groups is 1. The summed E-state index contributed by atoms with van der Waals surface area (Å²) in [5.74, 6) is 0.441. The molecule has 0 saturated carbocycles. The number of anilines is 1. The van der Waals surface area contributed by atoms with Crippen LogP contribution in [0.2, 0.25) is 0 Å². The lowest BCUT2D eigenvalue weighted by Crippen LogP contribution is -2.11. The Morgan fingerprint density at radius 1 is 1.17 bits per heavy atom. The predicted octanol–water partition coefficient (Wildman–Crippen LogP) is 3.47. The number of hydrogen-bond donors (Lipinski definition) is 1. The number of nitrogens with one attached hydrogen (secondary N) is 1. The highest BCUT2D eigenvalue weighted by atomic mass is 16.6. The molecule has 3 aromatic rings. The van der Waals surface area contributed by atoms with Crippen molar-refractivity contribution in [2.45, 2.75) is 6.23 Å². The number of ether oxygens (including phenoxy) is 2. The molecule has 4 rings (SSSR count). The molecule has 0 aliphatic carbocycles. The van der Waals surface area contributed by atoms with Gasteiger partial charge in [-0.25, -0.2) is 4.79 Å². The van der Waals surface area contributed by atoms with E-state index in [1.165, 1.54) is 0 Å². The van der Waals surface area contributed by atoms with E-state index >= 15 is 0 Å². The van der Waals surface area contributed by atoms with Crippen LogP contribution in [-0.2, 0) is 11.8 Å². The molecule has 2 heterocycles. The van der Waals surface area contributed by atoms with E-state index in [-0.39, 0.29) is 5.97 Å². The van der Waals surface area contributed by atoms with Crippen LogP contribution < -0.4 is 10.1 Å². The first-order chi connectivity index (χ1) is 11.2. The molecule has 1 unspecified atom stereocenters. The monoisotopic (exact) mass is 308 g/mol. The van der Waals surface area contributed by atoms with Crippen molar-refractivity contribution in [3.05, 3.63) is 59.8 Å². The number of carbonyl (C=O) groups excluding carboxylic acids is 1. The topological polar surface area (TPSA) is 52.5 Å². The molecule has 1 N–H and O–H groups in total. The number of para-hydroxylation sites is 1. The molecule has 1 aliphatic heterocycles. The molecule has 23 heavy (non-hydrogen) atoms. The largest absolute Gasteiger partial charge is 0.497 e. The van der Waals surface area contributed by atoms with Gasteiger partial charge in [-0.15, -0.1) is 0 Å². The van der Waals surface area contributed by atoms with Gasteiger partial charge in [0.2, 0.25) is 6.23 Å². The third-order valence-corrected chi connectivity index (χ3v) is 4.19. The third-order valence-electron chi connectivity index (χ3n) is 4.19. The first-order valence-corrected chi connectivity index (χ1v) is 7.38. The third kappa shape index (κ3) is 2.04. The van der Waals surface area contributed by atoms with Gasteiger partial charge in [0, 0.05) is 29.7 Å². The van der Waals surface area contributed by atoms with Crippen LogP contribution in [0.25, 0.3) is 10.9 Å². The van der Waals surface area contributed by atoms with Gasteiger partial charge in [0.25, 0.3) is 0 Å². The van der Waals surface area contributed by atoms with E-state index in [9.17, 15) is 4.79 Å². The fourth-order valence-corrected chi connectivity index (χ4v) is 3.12. The number of hydrogen-bond acceptors (Lipinski definition) is 4. The Morgan fingerprint density at radius 2 is 2.00 bits per heavy atom. The molecule has 0 fully saturated rings. The van der Waals surface area contributed by atoms with Crippen LogP contribution >= 0.6 is 0 Å². The number of fused-ring (bicyclic) bond motifs is 3. The summed E-state index contributed by atoms with van der Waals surface area (Å²) in [6, 6.07) is 15.5. The van der Waals surface area contributed by atoms with E-state index < -0.39 is 6.23 Å². The summed E-state index contributed by atoms with van der Waals surface area (Å²) in [5.41, 5.74) is 3.34. The van der Waals surface area contributed by atoms with Crippen LogP contribution in [0.1, 0.15) is 22.3 Å². The van der Waals surface area contributed by atoms with E-state index in [1.807, 2.05) is 60.1 Å². The minimum absolute atomic E-state index is 0.306. The summed E-state index contributed by atoms with van der Waals surface area (Å²) in [4.78, 5) is 12.3. The minimum Gasteiger partial charge on any atom is -0.497 e. The zero-order chi connectivity index (χ0) is 16.0. The van der Waals surface area contributed by atoms with Crippen LogP contribution in [0.15, 0.2) is 48.5 Å². The zero-order valence-electron chi connectivity index (χ0n) is 12.9. The van der Waals surface area contributed by atoms with Gasteiger partial charge in [-0.2, -0.15) is 0 Å². The lowest BCUT2D eigenvalue weighted by atomic mass is 10.1. The number of nitrogens with zero attached hydrogens (tertiary/aromatic N) is 1. The highest BCUT2D eigenvalue weighted by Gasteiger charge is 2.36. The maximum absolute atomic E-state index is 12.3. The normalized spacial score (nSPS) is 16.3. The standard InChI is InChI=1S/C18H16N2O3/c1-20-14-9-4-3-8-13(14)15-16(20)18(21)23-17(15)19-11-6-5-7-12(10-11)22-2/h3-10,17,19H,1-2H3. The molecule has 0 amide bonds. The van der Waals surface area contributed by atoms with Gasteiger partial charge in [-0.3, -0.25) is 0 Å². The number of cyclic esters (lactones) is 1. The van der Waals surface area contributed by atoms with Crippen LogP contribution in [0.3, 0.4) is 0 Å². The highest BCUT2D eigenvalue weighted by Crippen LogP contribution is 2.38. The number of benzene rings is 2. The fraction of sp³-hybridized carbons (Fsp3) is 0.167. The molecule has 1 atom stereocenters. The summed E-state index contributed by atoms with van der Waals surface area (Å²) < 4.78 is 12.6. The summed E-state index contributed by atoms with van der Waals surface area (Å²) in [6.07, 6.45) is -0.504. The summed E-state index contributed by atoms with van der Waals surface area (Å²) in [6.45, 7) is 0. The number of esters is 1. The Balaban J connectivity index is 1.79. The molecule has 0 bridgehead atoms. The maximum Gasteiger partial charge on any atom is 0.357 e. The van der Waals surface area contributed by atoms with Crippen molar-refractivity contribution >= 4 is 22.6 Å². The van der Waals surface area contributed by atoms with Crippen LogP contribution in [-0.4, -0.2) is 17.6 Å². The van der Waals surface area contributed by atoms with Crippen molar-refractivity contribution < 1.29 is 14.3 Å². The Hall–Kier alpha value is -2.95. The molecule has 0 saturated heterocycles. The average Bonchev–Trinajstić information content (AvgIpc) is 3.05. The Bertz CT molecular complexity index is 914. The first-order valence-electron chi connectivity index (χ1n) is 7.38. The second-order valence-electron chi connectivity index (χ2n) is 5.50. The number of aromatic nitrogens is 1. The van der Waals surface area contributed by atoms with E-state index in [0.29, 0.717) is 5.69 Å².